The van der Waals surface area contributed by atoms with Crippen molar-refractivity contribution in [1.29, 1.82) is 0 Å². The molecular weight excluding hydrogens is 302 g/mol. The van der Waals surface area contributed by atoms with Gasteiger partial charge in [0.15, 0.2) is 0 Å². The number of fused-ring (bicyclic) bond motifs is 1. The largest absolute Gasteiger partial charge is 0.361 e. The Morgan fingerprint density at radius 3 is 2.92 bits per heavy atom. The lowest BCUT2D eigenvalue weighted by Crippen LogP contribution is -2.38. The number of H-pyrrole nitrogens is 1. The van der Waals surface area contributed by atoms with E-state index < -0.39 is 0 Å². The molecule has 1 aromatic heterocycles. The molecule has 1 aromatic carbocycles. The van der Waals surface area contributed by atoms with Crippen LogP contribution in [0.4, 0.5) is 0 Å². The van der Waals surface area contributed by atoms with E-state index in [-0.39, 0.29) is 17.2 Å². The van der Waals surface area contributed by atoms with Crippen molar-refractivity contribution in [2.75, 3.05) is 26.2 Å². The van der Waals surface area contributed by atoms with Gasteiger partial charge in [0.2, 0.25) is 5.91 Å². The number of amides is 2. The molecule has 1 unspecified atom stereocenters. The van der Waals surface area contributed by atoms with Crippen LogP contribution in [0.15, 0.2) is 30.5 Å². The maximum Gasteiger partial charge on any atom is 0.253 e. The molecule has 5 nitrogen and oxygen atoms in total. The number of aromatic nitrogens is 1. The van der Waals surface area contributed by atoms with Gasteiger partial charge in [-0.15, -0.1) is 0 Å². The maximum absolute atomic E-state index is 12.9. The summed E-state index contributed by atoms with van der Waals surface area (Å²) in [6.07, 6.45) is 4.54. The van der Waals surface area contributed by atoms with Gasteiger partial charge in [0.1, 0.15) is 0 Å². The zero-order chi connectivity index (χ0) is 16.7. The molecule has 3 heterocycles. The first-order valence-electron chi connectivity index (χ1n) is 8.79. The number of nitrogens with zero attached hydrogens (tertiary/aromatic N) is 2. The minimum absolute atomic E-state index is 0.0386. The van der Waals surface area contributed by atoms with Crippen LogP contribution in [0, 0.1) is 5.41 Å². The van der Waals surface area contributed by atoms with E-state index in [0.29, 0.717) is 18.7 Å². The number of carbonyl (C=O) groups excluding carboxylic acids is 2. The summed E-state index contributed by atoms with van der Waals surface area (Å²) in [7, 11) is 0. The Kier molecular flexibility index (Phi) is 3.59. The first kappa shape index (κ1) is 15.2. The SMILES string of the molecule is CCCN1CCC2(CCN(C(=O)c3ccc4[nH]ccc4c3)C2)C1=O. The van der Waals surface area contributed by atoms with E-state index in [1.54, 1.807) is 0 Å². The second kappa shape index (κ2) is 5.65. The lowest BCUT2D eigenvalue weighted by Gasteiger charge is -2.23. The molecule has 2 fully saturated rings. The summed E-state index contributed by atoms with van der Waals surface area (Å²) in [6, 6.07) is 7.71. The molecule has 2 aliphatic heterocycles. The molecule has 0 radical (unpaired) electrons. The molecule has 1 spiro atoms. The summed E-state index contributed by atoms with van der Waals surface area (Å²) in [5.41, 5.74) is 1.41. The van der Waals surface area contributed by atoms with Gasteiger partial charge in [-0.05, 0) is 43.5 Å². The molecule has 2 aliphatic rings. The number of hydrogen-bond acceptors (Lipinski definition) is 2. The third kappa shape index (κ3) is 2.30. The van der Waals surface area contributed by atoms with Crippen LogP contribution in [0.1, 0.15) is 36.5 Å². The monoisotopic (exact) mass is 325 g/mol. The number of nitrogens with one attached hydrogen (secondary N) is 1. The summed E-state index contributed by atoms with van der Waals surface area (Å²) in [5, 5.41) is 1.04. The third-order valence-electron chi connectivity index (χ3n) is 5.54. The highest BCUT2D eigenvalue weighted by molar-refractivity contribution is 5.99. The fourth-order valence-corrected chi connectivity index (χ4v) is 4.17. The summed E-state index contributed by atoms with van der Waals surface area (Å²) in [4.78, 5) is 32.6. The van der Waals surface area contributed by atoms with E-state index in [0.717, 1.165) is 43.3 Å². The van der Waals surface area contributed by atoms with Crippen molar-refractivity contribution >= 4 is 22.7 Å². The average Bonchev–Trinajstić information content (AvgIpc) is 3.30. The Labute approximate surface area is 141 Å². The van der Waals surface area contributed by atoms with Crippen molar-refractivity contribution in [3.63, 3.8) is 0 Å². The quantitative estimate of drug-likeness (QED) is 0.943. The number of aromatic amines is 1. The van der Waals surface area contributed by atoms with Gasteiger partial charge in [-0.1, -0.05) is 6.92 Å². The van der Waals surface area contributed by atoms with Gasteiger partial charge in [-0.3, -0.25) is 9.59 Å². The molecule has 0 saturated carbocycles. The fourth-order valence-electron chi connectivity index (χ4n) is 4.17. The number of hydrogen-bond donors (Lipinski definition) is 1. The van der Waals surface area contributed by atoms with Gasteiger partial charge in [-0.25, -0.2) is 0 Å². The zero-order valence-electron chi connectivity index (χ0n) is 14.0. The molecule has 5 heteroatoms. The van der Waals surface area contributed by atoms with E-state index in [9.17, 15) is 9.59 Å². The van der Waals surface area contributed by atoms with E-state index in [1.807, 2.05) is 40.3 Å². The summed E-state index contributed by atoms with van der Waals surface area (Å²) >= 11 is 0. The highest BCUT2D eigenvalue weighted by atomic mass is 16.2. The van der Waals surface area contributed by atoms with Crippen LogP contribution in [-0.2, 0) is 4.79 Å². The van der Waals surface area contributed by atoms with Crippen LogP contribution in [0.3, 0.4) is 0 Å². The number of carbonyl (C=O) groups is 2. The highest BCUT2D eigenvalue weighted by Gasteiger charge is 2.51. The Bertz CT molecular complexity index is 797. The predicted octanol–water partition coefficient (Wildman–Crippen LogP) is 2.64. The van der Waals surface area contributed by atoms with E-state index in [4.69, 9.17) is 0 Å². The molecule has 0 aliphatic carbocycles. The highest BCUT2D eigenvalue weighted by Crippen LogP contribution is 2.41. The summed E-state index contributed by atoms with van der Waals surface area (Å²) < 4.78 is 0. The molecule has 2 amide bonds. The Morgan fingerprint density at radius 2 is 2.08 bits per heavy atom. The number of likely N-dealkylation sites (tertiary alicyclic amines) is 2. The van der Waals surface area contributed by atoms with Crippen LogP contribution >= 0.6 is 0 Å². The molecule has 2 aromatic rings. The minimum Gasteiger partial charge on any atom is -0.361 e. The van der Waals surface area contributed by atoms with Gasteiger partial charge in [0, 0.05) is 48.8 Å². The lowest BCUT2D eigenvalue weighted by molar-refractivity contribution is -0.135. The van der Waals surface area contributed by atoms with Crippen LogP contribution in [-0.4, -0.2) is 52.8 Å². The van der Waals surface area contributed by atoms with E-state index in [2.05, 4.69) is 11.9 Å². The molecule has 1 atom stereocenters. The topological polar surface area (TPSA) is 56.4 Å². The molecular formula is C19H23N3O2. The van der Waals surface area contributed by atoms with E-state index in [1.165, 1.54) is 0 Å². The first-order valence-corrected chi connectivity index (χ1v) is 8.79. The van der Waals surface area contributed by atoms with Gasteiger partial charge in [0.25, 0.3) is 5.91 Å². The number of benzene rings is 1. The molecule has 4 rings (SSSR count). The van der Waals surface area contributed by atoms with Crippen LogP contribution in [0.5, 0.6) is 0 Å². The van der Waals surface area contributed by atoms with Crippen molar-refractivity contribution in [3.8, 4) is 0 Å². The Morgan fingerprint density at radius 1 is 1.25 bits per heavy atom. The van der Waals surface area contributed by atoms with Crippen molar-refractivity contribution < 1.29 is 9.59 Å². The molecule has 126 valence electrons. The smallest absolute Gasteiger partial charge is 0.253 e. The standard InChI is InChI=1S/C19H23N3O2/c1-2-9-21-10-6-19(18(21)24)7-11-22(13-19)17(23)15-3-4-16-14(12-15)5-8-20-16/h3-5,8,12,20H,2,6-7,9-11,13H2,1H3. The van der Waals surface area contributed by atoms with Gasteiger partial charge in [-0.2, -0.15) is 0 Å². The van der Waals surface area contributed by atoms with Crippen molar-refractivity contribution in [2.45, 2.75) is 26.2 Å². The van der Waals surface area contributed by atoms with E-state index >= 15 is 0 Å². The first-order chi connectivity index (χ1) is 11.6. The fraction of sp³-hybridized carbons (Fsp3) is 0.474. The zero-order valence-corrected chi connectivity index (χ0v) is 14.0. The Balaban J connectivity index is 1.52. The Hall–Kier alpha value is -2.30. The van der Waals surface area contributed by atoms with Crippen molar-refractivity contribution in [3.05, 3.63) is 36.0 Å². The van der Waals surface area contributed by atoms with Gasteiger partial charge >= 0.3 is 0 Å². The summed E-state index contributed by atoms with van der Waals surface area (Å²) in [6.45, 7) is 5.01. The van der Waals surface area contributed by atoms with Crippen LogP contribution in [0.2, 0.25) is 0 Å². The second-order valence-electron chi connectivity index (χ2n) is 7.08. The predicted molar refractivity (Wildman–Crippen MR) is 92.7 cm³/mol. The maximum atomic E-state index is 12.9. The molecule has 24 heavy (non-hydrogen) atoms. The van der Waals surface area contributed by atoms with Crippen LogP contribution < -0.4 is 0 Å². The van der Waals surface area contributed by atoms with Crippen LogP contribution in [0.25, 0.3) is 10.9 Å². The molecule has 0 bridgehead atoms. The molecule has 2 saturated heterocycles. The molecule has 1 N–H and O–H groups in total. The lowest BCUT2D eigenvalue weighted by atomic mass is 9.85. The minimum atomic E-state index is -0.330. The van der Waals surface area contributed by atoms with Gasteiger partial charge < -0.3 is 14.8 Å². The summed E-state index contributed by atoms with van der Waals surface area (Å²) in [5.74, 6) is 0.289. The third-order valence-corrected chi connectivity index (χ3v) is 5.54. The average molecular weight is 325 g/mol. The second-order valence-corrected chi connectivity index (χ2v) is 7.08. The normalized spacial score (nSPS) is 23.8. The van der Waals surface area contributed by atoms with Gasteiger partial charge in [0.05, 0.1) is 5.41 Å². The van der Waals surface area contributed by atoms with Crippen molar-refractivity contribution in [2.24, 2.45) is 5.41 Å². The van der Waals surface area contributed by atoms with Crippen molar-refractivity contribution in [1.82, 2.24) is 14.8 Å². The number of rotatable bonds is 3.